The number of ether oxygens (including phenoxy) is 1. The fraction of sp³-hybridized carbons (Fsp3) is 0.647. The maximum absolute atomic E-state index is 6.47. The molecule has 1 aromatic carbocycles. The zero-order chi connectivity index (χ0) is 13.6. The first kappa shape index (κ1) is 13.1. The predicted octanol–water partition coefficient (Wildman–Crippen LogP) is 4.16. The number of hydrogen-bond donors (Lipinski definition) is 0. The molecule has 3 aliphatic heterocycles. The van der Waals surface area contributed by atoms with Crippen molar-refractivity contribution in [3.05, 3.63) is 28.2 Å². The number of hydrogen-bond acceptors (Lipinski definition) is 2. The molecule has 0 bridgehead atoms. The van der Waals surface area contributed by atoms with Gasteiger partial charge in [0, 0.05) is 23.4 Å². The van der Waals surface area contributed by atoms with Gasteiger partial charge in [0.05, 0.1) is 0 Å². The van der Waals surface area contributed by atoms with E-state index in [9.17, 15) is 0 Å². The Labute approximate surface area is 129 Å². The van der Waals surface area contributed by atoms with Crippen LogP contribution in [0.25, 0.3) is 0 Å². The maximum Gasteiger partial charge on any atom is 0.123 e. The molecule has 2 nitrogen and oxygen atoms in total. The van der Waals surface area contributed by atoms with Gasteiger partial charge in [0.2, 0.25) is 0 Å². The third-order valence-corrected chi connectivity index (χ3v) is 5.79. The maximum atomic E-state index is 6.47. The van der Waals surface area contributed by atoms with Crippen LogP contribution in [0, 0.1) is 0 Å². The molecule has 0 amide bonds. The van der Waals surface area contributed by atoms with E-state index in [2.05, 4.69) is 39.0 Å². The highest BCUT2D eigenvalue weighted by Gasteiger charge is 2.44. The summed E-state index contributed by atoms with van der Waals surface area (Å²) in [5, 5.41) is 0. The van der Waals surface area contributed by atoms with E-state index in [0.717, 1.165) is 18.2 Å². The summed E-state index contributed by atoms with van der Waals surface area (Å²) in [5.41, 5.74) is 1.48. The van der Waals surface area contributed by atoms with Crippen LogP contribution in [-0.2, 0) is 6.42 Å². The average molecular weight is 336 g/mol. The summed E-state index contributed by atoms with van der Waals surface area (Å²) in [6.45, 7) is 2.58. The van der Waals surface area contributed by atoms with Crippen molar-refractivity contribution >= 4 is 15.9 Å². The van der Waals surface area contributed by atoms with Crippen molar-refractivity contribution in [1.82, 2.24) is 4.90 Å². The molecule has 4 rings (SSSR count). The van der Waals surface area contributed by atoms with Gasteiger partial charge in [-0.2, -0.15) is 0 Å². The monoisotopic (exact) mass is 335 g/mol. The van der Waals surface area contributed by atoms with Crippen LogP contribution in [-0.4, -0.2) is 29.6 Å². The first-order chi connectivity index (χ1) is 9.74. The number of piperidine rings is 1. The van der Waals surface area contributed by atoms with E-state index in [1.807, 2.05) is 0 Å². The molecule has 3 heteroatoms. The molecule has 0 aliphatic carbocycles. The van der Waals surface area contributed by atoms with Crippen LogP contribution in [0.4, 0.5) is 0 Å². The lowest BCUT2D eigenvalue weighted by Gasteiger charge is -2.37. The lowest BCUT2D eigenvalue weighted by molar-refractivity contribution is 0.0496. The first-order valence-corrected chi connectivity index (χ1v) is 8.75. The molecule has 2 fully saturated rings. The Morgan fingerprint density at radius 2 is 2.10 bits per heavy atom. The molecule has 0 N–H and O–H groups in total. The average Bonchev–Trinajstić information content (AvgIpc) is 2.67. The van der Waals surface area contributed by atoms with Gasteiger partial charge in [-0.05, 0) is 62.5 Å². The predicted molar refractivity (Wildman–Crippen MR) is 84.3 cm³/mol. The Balaban J connectivity index is 1.59. The number of benzene rings is 1. The van der Waals surface area contributed by atoms with E-state index in [0.29, 0.717) is 0 Å². The van der Waals surface area contributed by atoms with Crippen LogP contribution >= 0.6 is 15.9 Å². The fourth-order valence-electron chi connectivity index (χ4n) is 4.38. The molecule has 0 saturated carbocycles. The fourth-order valence-corrected chi connectivity index (χ4v) is 4.79. The van der Waals surface area contributed by atoms with Gasteiger partial charge in [-0.25, -0.2) is 0 Å². The molecule has 2 saturated heterocycles. The summed E-state index contributed by atoms with van der Waals surface area (Å²) in [5.74, 6) is 1.12. The van der Waals surface area contributed by atoms with Crippen molar-refractivity contribution in [2.45, 2.75) is 56.6 Å². The van der Waals surface area contributed by atoms with E-state index in [1.54, 1.807) is 0 Å². The van der Waals surface area contributed by atoms with Gasteiger partial charge in [-0.1, -0.05) is 22.4 Å². The Morgan fingerprint density at radius 3 is 3.05 bits per heavy atom. The molecule has 1 aromatic rings. The summed E-state index contributed by atoms with van der Waals surface area (Å²) >= 11 is 3.58. The van der Waals surface area contributed by atoms with Crippen molar-refractivity contribution in [2.24, 2.45) is 0 Å². The van der Waals surface area contributed by atoms with Crippen LogP contribution in [0.1, 0.15) is 44.1 Å². The number of fused-ring (bicyclic) bond motifs is 2. The van der Waals surface area contributed by atoms with Crippen LogP contribution in [0.15, 0.2) is 22.7 Å². The topological polar surface area (TPSA) is 12.5 Å². The Kier molecular flexibility index (Phi) is 3.30. The van der Waals surface area contributed by atoms with Gasteiger partial charge in [-0.3, -0.25) is 0 Å². The highest BCUT2D eigenvalue weighted by Crippen LogP contribution is 2.44. The lowest BCUT2D eigenvalue weighted by atomic mass is 9.85. The number of rotatable bonds is 0. The van der Waals surface area contributed by atoms with Gasteiger partial charge in [0.15, 0.2) is 0 Å². The van der Waals surface area contributed by atoms with Gasteiger partial charge < -0.3 is 9.64 Å². The third kappa shape index (κ3) is 2.29. The highest BCUT2D eigenvalue weighted by atomic mass is 79.9. The van der Waals surface area contributed by atoms with Crippen LogP contribution < -0.4 is 4.74 Å². The molecule has 1 spiro atoms. The second-order valence-electron chi connectivity index (χ2n) is 6.71. The summed E-state index contributed by atoms with van der Waals surface area (Å²) < 4.78 is 7.64. The van der Waals surface area contributed by atoms with E-state index >= 15 is 0 Å². The molecular weight excluding hydrogens is 314 g/mol. The van der Waals surface area contributed by atoms with Crippen molar-refractivity contribution in [1.29, 1.82) is 0 Å². The van der Waals surface area contributed by atoms with Crippen molar-refractivity contribution in [3.63, 3.8) is 0 Å². The van der Waals surface area contributed by atoms with Crippen molar-refractivity contribution in [3.8, 4) is 5.75 Å². The lowest BCUT2D eigenvalue weighted by Crippen LogP contribution is -2.44. The van der Waals surface area contributed by atoms with Crippen LogP contribution in [0.5, 0.6) is 5.75 Å². The van der Waals surface area contributed by atoms with Gasteiger partial charge in [-0.15, -0.1) is 0 Å². The molecule has 3 aliphatic rings. The molecule has 0 aromatic heterocycles. The number of nitrogens with zero attached hydrogens (tertiary/aromatic N) is 1. The molecule has 2 unspecified atom stereocenters. The summed E-state index contributed by atoms with van der Waals surface area (Å²) in [6.07, 6.45) is 8.97. The molecule has 3 heterocycles. The van der Waals surface area contributed by atoms with Gasteiger partial charge >= 0.3 is 0 Å². The van der Waals surface area contributed by atoms with Crippen LogP contribution in [0.3, 0.4) is 0 Å². The minimum absolute atomic E-state index is 0.0832. The molecule has 2 atom stereocenters. The van der Waals surface area contributed by atoms with E-state index in [1.165, 1.54) is 61.7 Å². The normalized spacial score (nSPS) is 33.4. The molecular formula is C17H22BrNO. The zero-order valence-electron chi connectivity index (χ0n) is 11.9. The summed E-state index contributed by atoms with van der Waals surface area (Å²) in [6, 6.07) is 7.23. The molecule has 20 heavy (non-hydrogen) atoms. The molecule has 0 radical (unpaired) electrons. The quantitative estimate of drug-likeness (QED) is 0.705. The van der Waals surface area contributed by atoms with Crippen molar-refractivity contribution < 1.29 is 4.74 Å². The van der Waals surface area contributed by atoms with Gasteiger partial charge in [0.25, 0.3) is 0 Å². The van der Waals surface area contributed by atoms with E-state index in [-0.39, 0.29) is 5.60 Å². The Morgan fingerprint density at radius 1 is 1.20 bits per heavy atom. The second kappa shape index (κ2) is 5.03. The Bertz CT molecular complexity index is 518. The third-order valence-electron chi connectivity index (χ3n) is 5.30. The van der Waals surface area contributed by atoms with E-state index < -0.39 is 0 Å². The second-order valence-corrected chi connectivity index (χ2v) is 7.62. The smallest absolute Gasteiger partial charge is 0.123 e. The largest absolute Gasteiger partial charge is 0.487 e. The van der Waals surface area contributed by atoms with Gasteiger partial charge in [0.1, 0.15) is 11.4 Å². The zero-order valence-corrected chi connectivity index (χ0v) is 13.5. The summed E-state index contributed by atoms with van der Waals surface area (Å²) in [7, 11) is 0. The number of halogens is 1. The minimum Gasteiger partial charge on any atom is -0.487 e. The van der Waals surface area contributed by atoms with Crippen LogP contribution in [0.2, 0.25) is 0 Å². The minimum atomic E-state index is 0.0832. The highest BCUT2D eigenvalue weighted by molar-refractivity contribution is 9.10. The summed E-state index contributed by atoms with van der Waals surface area (Å²) in [4.78, 5) is 2.72. The SMILES string of the molecule is Brc1ccc2c(c1)CC1(CCCN3CCCCC3C1)O2. The standard InChI is InChI=1S/C17H22BrNO/c18-14-5-6-16-13(10-14)11-17(20-16)7-3-9-19-8-2-1-4-15(19)12-17/h5-6,10,15H,1-4,7-9,11-12H2. The van der Waals surface area contributed by atoms with E-state index in [4.69, 9.17) is 4.74 Å². The first-order valence-electron chi connectivity index (χ1n) is 7.96. The molecule has 108 valence electrons. The Hall–Kier alpha value is -0.540. The van der Waals surface area contributed by atoms with Crippen molar-refractivity contribution in [2.75, 3.05) is 13.1 Å².